The van der Waals surface area contributed by atoms with Gasteiger partial charge < -0.3 is 9.64 Å². The molecule has 2 aliphatic carbocycles. The summed E-state index contributed by atoms with van der Waals surface area (Å²) in [6, 6.07) is 8.18. The predicted molar refractivity (Wildman–Crippen MR) is 90.9 cm³/mol. The second kappa shape index (κ2) is 5.91. The van der Waals surface area contributed by atoms with Crippen molar-refractivity contribution in [3.8, 4) is 5.75 Å². The van der Waals surface area contributed by atoms with Gasteiger partial charge in [-0.25, -0.2) is 0 Å². The first kappa shape index (κ1) is 15.7. The Hall–Kier alpha value is -1.84. The van der Waals surface area contributed by atoms with E-state index in [2.05, 4.69) is 17.0 Å². The number of hydrogen-bond acceptors (Lipinski definition) is 3. The van der Waals surface area contributed by atoms with Crippen LogP contribution in [0.3, 0.4) is 0 Å². The highest BCUT2D eigenvalue weighted by Gasteiger charge is 2.49. The fourth-order valence-corrected chi connectivity index (χ4v) is 4.65. The minimum Gasteiger partial charge on any atom is -0.497 e. The first-order valence-electron chi connectivity index (χ1n) is 9.07. The van der Waals surface area contributed by atoms with Gasteiger partial charge in [-0.15, -0.1) is 0 Å². The van der Waals surface area contributed by atoms with Gasteiger partial charge in [0.1, 0.15) is 11.5 Å². The number of amides is 1. The molecule has 4 nitrogen and oxygen atoms in total. The summed E-state index contributed by atoms with van der Waals surface area (Å²) in [6.45, 7) is 1.58. The van der Waals surface area contributed by atoms with E-state index in [9.17, 15) is 9.59 Å². The number of benzene rings is 1. The highest BCUT2D eigenvalue weighted by atomic mass is 16.5. The molecule has 2 unspecified atom stereocenters. The fraction of sp³-hybridized carbons (Fsp3) is 0.600. The molecule has 24 heavy (non-hydrogen) atoms. The van der Waals surface area contributed by atoms with Gasteiger partial charge in [-0.05, 0) is 49.3 Å². The maximum atomic E-state index is 12.5. The van der Waals surface area contributed by atoms with E-state index in [1.165, 1.54) is 5.56 Å². The van der Waals surface area contributed by atoms with Crippen molar-refractivity contribution < 1.29 is 14.3 Å². The Labute approximate surface area is 143 Å². The Balaban J connectivity index is 1.64. The van der Waals surface area contributed by atoms with Gasteiger partial charge in [0.05, 0.1) is 7.11 Å². The van der Waals surface area contributed by atoms with E-state index in [0.29, 0.717) is 30.4 Å². The zero-order valence-corrected chi connectivity index (χ0v) is 14.3. The topological polar surface area (TPSA) is 46.6 Å². The average molecular weight is 327 g/mol. The summed E-state index contributed by atoms with van der Waals surface area (Å²) < 4.78 is 5.40. The summed E-state index contributed by atoms with van der Waals surface area (Å²) in [4.78, 5) is 26.8. The van der Waals surface area contributed by atoms with Gasteiger partial charge in [-0.1, -0.05) is 12.1 Å². The monoisotopic (exact) mass is 327 g/mol. The van der Waals surface area contributed by atoms with Crippen molar-refractivity contribution in [2.75, 3.05) is 20.2 Å². The summed E-state index contributed by atoms with van der Waals surface area (Å²) in [5, 5.41) is 0. The van der Waals surface area contributed by atoms with Crippen LogP contribution in [-0.2, 0) is 15.0 Å². The molecule has 0 bridgehead atoms. The summed E-state index contributed by atoms with van der Waals surface area (Å²) in [7, 11) is 1.68. The number of ether oxygens (including phenoxy) is 1. The van der Waals surface area contributed by atoms with Crippen LogP contribution in [0.5, 0.6) is 5.75 Å². The van der Waals surface area contributed by atoms with E-state index in [1.807, 2.05) is 12.1 Å². The number of hydrogen-bond donors (Lipinski definition) is 0. The summed E-state index contributed by atoms with van der Waals surface area (Å²) in [5.41, 5.74) is 1.09. The molecular formula is C20H25NO3. The van der Waals surface area contributed by atoms with E-state index in [4.69, 9.17) is 4.74 Å². The van der Waals surface area contributed by atoms with E-state index in [1.54, 1.807) is 7.11 Å². The van der Waals surface area contributed by atoms with Crippen molar-refractivity contribution in [2.45, 2.75) is 43.9 Å². The van der Waals surface area contributed by atoms with E-state index in [-0.39, 0.29) is 11.3 Å². The van der Waals surface area contributed by atoms with Crippen molar-refractivity contribution in [3.63, 3.8) is 0 Å². The lowest BCUT2D eigenvalue weighted by molar-refractivity contribution is -0.137. The number of methoxy groups -OCH3 is 1. The molecular weight excluding hydrogens is 302 g/mol. The van der Waals surface area contributed by atoms with E-state index >= 15 is 0 Å². The van der Waals surface area contributed by atoms with E-state index in [0.717, 1.165) is 44.5 Å². The molecule has 3 fully saturated rings. The van der Waals surface area contributed by atoms with Crippen LogP contribution in [0.4, 0.5) is 0 Å². The zero-order chi connectivity index (χ0) is 16.7. The molecule has 1 aromatic rings. The van der Waals surface area contributed by atoms with Crippen LogP contribution >= 0.6 is 0 Å². The van der Waals surface area contributed by atoms with Gasteiger partial charge in [-0.3, -0.25) is 9.59 Å². The van der Waals surface area contributed by atoms with Gasteiger partial charge in [0.25, 0.3) is 0 Å². The summed E-state index contributed by atoms with van der Waals surface area (Å²) >= 11 is 0. The molecule has 4 heteroatoms. The number of rotatable bonds is 3. The molecule has 2 atom stereocenters. The highest BCUT2D eigenvalue weighted by Crippen LogP contribution is 2.49. The Morgan fingerprint density at radius 1 is 1.29 bits per heavy atom. The maximum absolute atomic E-state index is 12.5. The summed E-state index contributed by atoms with van der Waals surface area (Å²) in [6.07, 6.45) is 5.15. The van der Waals surface area contributed by atoms with Gasteiger partial charge >= 0.3 is 0 Å². The molecule has 1 saturated heterocycles. The van der Waals surface area contributed by atoms with Gasteiger partial charge in [0, 0.05) is 37.3 Å². The van der Waals surface area contributed by atoms with Crippen LogP contribution in [0.2, 0.25) is 0 Å². The number of carbonyl (C=O) groups is 2. The Kier molecular flexibility index (Phi) is 3.86. The zero-order valence-electron chi connectivity index (χ0n) is 14.3. The molecule has 3 aliphatic rings. The normalized spacial score (nSPS) is 30.0. The number of likely N-dealkylation sites (tertiary alicyclic amines) is 1. The van der Waals surface area contributed by atoms with Gasteiger partial charge in [0.2, 0.25) is 5.91 Å². The largest absolute Gasteiger partial charge is 0.497 e. The first-order chi connectivity index (χ1) is 11.6. The minimum absolute atomic E-state index is 0.121. The lowest BCUT2D eigenvalue weighted by atomic mass is 9.59. The lowest BCUT2D eigenvalue weighted by Crippen LogP contribution is -2.54. The predicted octanol–water partition coefficient (Wildman–Crippen LogP) is 2.94. The Morgan fingerprint density at radius 2 is 2.12 bits per heavy atom. The lowest BCUT2D eigenvalue weighted by Gasteiger charge is -2.50. The first-order valence-corrected chi connectivity index (χ1v) is 9.07. The standard InChI is InChI=1S/C20H25NO3/c1-24-18-4-2-3-15(11-18)20-9-10-21(19(23)14-5-6-14)13-16(20)7-8-17(22)12-20/h2-4,11,14,16H,5-10,12-13H2,1H3. The van der Waals surface area contributed by atoms with Crippen LogP contribution in [0.1, 0.15) is 44.1 Å². The SMILES string of the molecule is COc1cccc(C23CCN(C(=O)C4CC4)CC2CCC(=O)C3)c1. The second-order valence-corrected chi connectivity index (χ2v) is 7.65. The van der Waals surface area contributed by atoms with Gasteiger partial charge in [-0.2, -0.15) is 0 Å². The molecule has 2 saturated carbocycles. The third kappa shape index (κ3) is 2.62. The third-order valence-corrected chi connectivity index (χ3v) is 6.22. The minimum atomic E-state index is -0.121. The third-order valence-electron chi connectivity index (χ3n) is 6.22. The molecule has 1 amide bonds. The molecule has 4 rings (SSSR count). The Morgan fingerprint density at radius 3 is 2.88 bits per heavy atom. The van der Waals surface area contributed by atoms with Crippen LogP contribution in [-0.4, -0.2) is 36.8 Å². The molecule has 1 aromatic carbocycles. The number of ketones is 1. The molecule has 0 spiro atoms. The Bertz CT molecular complexity index is 667. The van der Waals surface area contributed by atoms with E-state index < -0.39 is 0 Å². The molecule has 1 heterocycles. The van der Waals surface area contributed by atoms with Crippen molar-refractivity contribution in [1.82, 2.24) is 4.90 Å². The molecule has 0 N–H and O–H groups in total. The van der Waals surface area contributed by atoms with Crippen LogP contribution in [0, 0.1) is 11.8 Å². The molecule has 128 valence electrons. The van der Waals surface area contributed by atoms with Crippen LogP contribution < -0.4 is 4.74 Å². The fourth-order valence-electron chi connectivity index (χ4n) is 4.65. The van der Waals surface area contributed by atoms with Crippen molar-refractivity contribution >= 4 is 11.7 Å². The number of Topliss-reactive ketones (excluding diaryl/α,β-unsaturated/α-hetero) is 1. The number of fused-ring (bicyclic) bond motifs is 1. The number of piperidine rings is 1. The average Bonchev–Trinajstić information content (AvgIpc) is 3.45. The van der Waals surface area contributed by atoms with Crippen molar-refractivity contribution in [1.29, 1.82) is 0 Å². The molecule has 0 radical (unpaired) electrons. The smallest absolute Gasteiger partial charge is 0.225 e. The molecule has 1 aliphatic heterocycles. The van der Waals surface area contributed by atoms with Crippen LogP contribution in [0.25, 0.3) is 0 Å². The highest BCUT2D eigenvalue weighted by molar-refractivity contribution is 5.83. The van der Waals surface area contributed by atoms with Crippen LogP contribution in [0.15, 0.2) is 24.3 Å². The number of carbonyl (C=O) groups excluding carboxylic acids is 2. The van der Waals surface area contributed by atoms with Crippen molar-refractivity contribution in [3.05, 3.63) is 29.8 Å². The maximum Gasteiger partial charge on any atom is 0.225 e. The second-order valence-electron chi connectivity index (χ2n) is 7.65. The summed E-state index contributed by atoms with van der Waals surface area (Å²) in [5.74, 6) is 2.19. The van der Waals surface area contributed by atoms with Gasteiger partial charge in [0.15, 0.2) is 0 Å². The quantitative estimate of drug-likeness (QED) is 0.857. The van der Waals surface area contributed by atoms with Crippen molar-refractivity contribution in [2.24, 2.45) is 11.8 Å². The molecule has 0 aromatic heterocycles. The number of nitrogens with zero attached hydrogens (tertiary/aromatic N) is 1.